The van der Waals surface area contributed by atoms with Gasteiger partial charge in [-0.15, -0.1) is 0 Å². The quantitative estimate of drug-likeness (QED) is 0.731. The number of hydrogen-bond donors (Lipinski definition) is 1. The zero-order valence-electron chi connectivity index (χ0n) is 10.3. The second-order valence-electron chi connectivity index (χ2n) is 5.82. The predicted molar refractivity (Wildman–Crippen MR) is 61.9 cm³/mol. The Kier molecular flexibility index (Phi) is 3.83. The fourth-order valence-electron chi connectivity index (χ4n) is 3.08. The van der Waals surface area contributed by atoms with Crippen LogP contribution in [0.1, 0.15) is 39.5 Å². The maximum absolute atomic E-state index is 13.6. The third-order valence-electron chi connectivity index (χ3n) is 4.46. The van der Waals surface area contributed by atoms with Crippen LogP contribution in [0.25, 0.3) is 0 Å². The molecular weight excluding hydrogens is 208 g/mol. The van der Waals surface area contributed by atoms with Gasteiger partial charge in [-0.25, -0.2) is 8.78 Å². The minimum absolute atomic E-state index is 0.202. The fourth-order valence-corrected chi connectivity index (χ4v) is 3.08. The van der Waals surface area contributed by atoms with Crippen LogP contribution < -0.4 is 5.32 Å². The second-order valence-corrected chi connectivity index (χ2v) is 5.82. The molecular formula is C13H23F2N. The van der Waals surface area contributed by atoms with E-state index in [-0.39, 0.29) is 5.92 Å². The zero-order chi connectivity index (χ0) is 11.7. The Morgan fingerprint density at radius 3 is 2.12 bits per heavy atom. The van der Waals surface area contributed by atoms with E-state index in [1.54, 1.807) is 6.92 Å². The molecule has 2 aliphatic rings. The second kappa shape index (κ2) is 4.99. The number of halogens is 2. The van der Waals surface area contributed by atoms with Crippen molar-refractivity contribution in [2.24, 2.45) is 17.8 Å². The Morgan fingerprint density at radius 1 is 1.00 bits per heavy atom. The molecule has 1 aliphatic carbocycles. The summed E-state index contributed by atoms with van der Waals surface area (Å²) in [5, 5.41) is 3.46. The van der Waals surface area contributed by atoms with Crippen molar-refractivity contribution >= 4 is 0 Å². The summed E-state index contributed by atoms with van der Waals surface area (Å²) < 4.78 is 27.3. The van der Waals surface area contributed by atoms with Gasteiger partial charge in [0, 0.05) is 12.0 Å². The maximum atomic E-state index is 13.6. The predicted octanol–water partition coefficient (Wildman–Crippen LogP) is 3.10. The average molecular weight is 231 g/mol. The summed E-state index contributed by atoms with van der Waals surface area (Å²) in [6.07, 6.45) is 1.48. The van der Waals surface area contributed by atoms with Crippen molar-refractivity contribution in [1.29, 1.82) is 0 Å². The van der Waals surface area contributed by atoms with E-state index in [2.05, 4.69) is 12.2 Å². The van der Waals surface area contributed by atoms with Crippen LogP contribution in [0.3, 0.4) is 0 Å². The van der Waals surface area contributed by atoms with Crippen molar-refractivity contribution < 1.29 is 8.78 Å². The number of nitrogens with one attached hydrogen (secondary N) is 1. The van der Waals surface area contributed by atoms with Gasteiger partial charge in [-0.05, 0) is 44.1 Å². The largest absolute Gasteiger partial charge is 0.313 e. The van der Waals surface area contributed by atoms with Gasteiger partial charge in [-0.2, -0.15) is 0 Å². The highest BCUT2D eigenvalue weighted by Gasteiger charge is 2.39. The molecule has 0 bridgehead atoms. The van der Waals surface area contributed by atoms with Crippen molar-refractivity contribution in [3.05, 3.63) is 0 Å². The van der Waals surface area contributed by atoms with E-state index in [9.17, 15) is 8.78 Å². The third-order valence-corrected chi connectivity index (χ3v) is 4.46. The molecule has 4 atom stereocenters. The highest BCUT2D eigenvalue weighted by Crippen LogP contribution is 2.37. The molecule has 94 valence electrons. The standard InChI is InChI=1S/C13H23F2N/c1-8-3-4-13(16-7-8)10-5-11(14)9(2)12(15)6-10/h8-13,16H,3-7H2,1-2H3. The SMILES string of the molecule is CC1CCC(C2CC(F)C(C)C(F)C2)NC1. The van der Waals surface area contributed by atoms with Crippen molar-refractivity contribution in [2.45, 2.75) is 57.9 Å². The Labute approximate surface area is 97.0 Å². The fraction of sp³-hybridized carbons (Fsp3) is 1.00. The molecule has 2 rings (SSSR count). The first-order chi connectivity index (χ1) is 7.58. The van der Waals surface area contributed by atoms with E-state index in [1.165, 1.54) is 6.42 Å². The Hall–Kier alpha value is -0.180. The van der Waals surface area contributed by atoms with Crippen molar-refractivity contribution in [1.82, 2.24) is 5.32 Å². The molecule has 1 heterocycles. The summed E-state index contributed by atoms with van der Waals surface area (Å²) in [5.41, 5.74) is 0. The Morgan fingerprint density at radius 2 is 1.62 bits per heavy atom. The van der Waals surface area contributed by atoms with E-state index in [1.807, 2.05) is 0 Å². The molecule has 1 aliphatic heterocycles. The normalized spacial score (nSPS) is 50.2. The minimum Gasteiger partial charge on any atom is -0.313 e. The molecule has 0 aromatic carbocycles. The van der Waals surface area contributed by atoms with Crippen LogP contribution in [0.4, 0.5) is 8.78 Å². The number of rotatable bonds is 1. The topological polar surface area (TPSA) is 12.0 Å². The maximum Gasteiger partial charge on any atom is 0.106 e. The molecule has 1 saturated heterocycles. The van der Waals surface area contributed by atoms with Gasteiger partial charge in [-0.3, -0.25) is 0 Å². The molecule has 4 unspecified atom stereocenters. The molecule has 1 saturated carbocycles. The lowest BCUT2D eigenvalue weighted by atomic mass is 9.74. The van der Waals surface area contributed by atoms with E-state index >= 15 is 0 Å². The molecule has 2 fully saturated rings. The molecule has 0 aromatic rings. The van der Waals surface area contributed by atoms with E-state index in [0.29, 0.717) is 24.8 Å². The first-order valence-electron chi connectivity index (χ1n) is 6.59. The number of alkyl halides is 2. The van der Waals surface area contributed by atoms with Gasteiger partial charge in [0.1, 0.15) is 12.3 Å². The first-order valence-corrected chi connectivity index (χ1v) is 6.59. The van der Waals surface area contributed by atoms with Crippen LogP contribution in [0, 0.1) is 17.8 Å². The van der Waals surface area contributed by atoms with Crippen molar-refractivity contribution in [3.63, 3.8) is 0 Å². The molecule has 1 N–H and O–H groups in total. The van der Waals surface area contributed by atoms with Gasteiger partial charge in [0.25, 0.3) is 0 Å². The minimum atomic E-state index is -0.949. The summed E-state index contributed by atoms with van der Waals surface area (Å²) in [6.45, 7) is 4.93. The molecule has 1 nitrogen and oxygen atoms in total. The van der Waals surface area contributed by atoms with E-state index < -0.39 is 18.3 Å². The van der Waals surface area contributed by atoms with Gasteiger partial charge >= 0.3 is 0 Å². The lowest BCUT2D eigenvalue weighted by Crippen LogP contribution is -2.47. The van der Waals surface area contributed by atoms with Gasteiger partial charge in [-0.1, -0.05) is 13.8 Å². The van der Waals surface area contributed by atoms with Gasteiger partial charge in [0.15, 0.2) is 0 Å². The highest BCUT2D eigenvalue weighted by molar-refractivity contribution is 4.91. The first kappa shape index (κ1) is 12.3. The van der Waals surface area contributed by atoms with Crippen LogP contribution in [0.15, 0.2) is 0 Å². The summed E-state index contributed by atoms with van der Waals surface area (Å²) >= 11 is 0. The zero-order valence-corrected chi connectivity index (χ0v) is 10.3. The van der Waals surface area contributed by atoms with Crippen LogP contribution >= 0.6 is 0 Å². The summed E-state index contributed by atoms with van der Waals surface area (Å²) in [5.74, 6) is 0.508. The Bertz CT molecular complexity index is 214. The molecule has 3 heteroatoms. The number of hydrogen-bond acceptors (Lipinski definition) is 1. The lowest BCUT2D eigenvalue weighted by molar-refractivity contribution is 0.0357. The summed E-state index contributed by atoms with van der Waals surface area (Å²) in [6, 6.07) is 0.347. The van der Waals surface area contributed by atoms with Crippen LogP contribution in [-0.4, -0.2) is 24.9 Å². The smallest absolute Gasteiger partial charge is 0.106 e. The number of piperidine rings is 1. The molecule has 0 aromatic heterocycles. The Balaban J connectivity index is 1.90. The third kappa shape index (κ3) is 2.55. The monoisotopic (exact) mass is 231 g/mol. The van der Waals surface area contributed by atoms with Crippen LogP contribution in [0.5, 0.6) is 0 Å². The molecule has 0 amide bonds. The van der Waals surface area contributed by atoms with Crippen LogP contribution in [0.2, 0.25) is 0 Å². The molecule has 0 radical (unpaired) electrons. The van der Waals surface area contributed by atoms with E-state index in [0.717, 1.165) is 13.0 Å². The average Bonchev–Trinajstić information content (AvgIpc) is 2.26. The summed E-state index contributed by atoms with van der Waals surface area (Å²) in [7, 11) is 0. The highest BCUT2D eigenvalue weighted by atomic mass is 19.1. The van der Waals surface area contributed by atoms with Gasteiger partial charge in [0.2, 0.25) is 0 Å². The van der Waals surface area contributed by atoms with Crippen molar-refractivity contribution in [3.8, 4) is 0 Å². The lowest BCUT2D eigenvalue weighted by Gasteiger charge is -2.40. The summed E-state index contributed by atoms with van der Waals surface area (Å²) in [4.78, 5) is 0. The molecule has 0 spiro atoms. The van der Waals surface area contributed by atoms with E-state index in [4.69, 9.17) is 0 Å². The van der Waals surface area contributed by atoms with Crippen LogP contribution in [-0.2, 0) is 0 Å². The van der Waals surface area contributed by atoms with Crippen molar-refractivity contribution in [2.75, 3.05) is 6.54 Å². The molecule has 16 heavy (non-hydrogen) atoms. The van der Waals surface area contributed by atoms with Gasteiger partial charge < -0.3 is 5.32 Å². The van der Waals surface area contributed by atoms with Gasteiger partial charge in [0.05, 0.1) is 0 Å².